The standard InChI is InChI=1S/C18H21N5O2/c1-13-4-3-5-15(14(13)2)19-17-7-6-16(20-21-17)18(25)23-10-8-22(12-24)9-11-23/h3-7,12H,8-11H2,1-2H3,(H,19,21). The maximum atomic E-state index is 12.5. The van der Waals surface area contributed by atoms with Gasteiger partial charge in [-0.05, 0) is 43.2 Å². The number of carbonyl (C=O) groups excluding carboxylic acids is 2. The Morgan fingerprint density at radius 3 is 2.48 bits per heavy atom. The van der Waals surface area contributed by atoms with Gasteiger partial charge in [0.25, 0.3) is 5.91 Å². The lowest BCUT2D eigenvalue weighted by Gasteiger charge is -2.32. The predicted octanol–water partition coefficient (Wildman–Crippen LogP) is 1.75. The van der Waals surface area contributed by atoms with Crippen LogP contribution in [0.2, 0.25) is 0 Å². The van der Waals surface area contributed by atoms with E-state index in [4.69, 9.17) is 0 Å². The van der Waals surface area contributed by atoms with Gasteiger partial charge in [-0.3, -0.25) is 9.59 Å². The summed E-state index contributed by atoms with van der Waals surface area (Å²) in [6.45, 7) is 6.23. The van der Waals surface area contributed by atoms with Gasteiger partial charge in [0, 0.05) is 31.9 Å². The van der Waals surface area contributed by atoms with Crippen molar-refractivity contribution in [1.29, 1.82) is 0 Å². The van der Waals surface area contributed by atoms with Gasteiger partial charge in [-0.15, -0.1) is 10.2 Å². The average molecular weight is 339 g/mol. The third-order valence-corrected chi connectivity index (χ3v) is 4.50. The Hall–Kier alpha value is -2.96. The Kier molecular flexibility index (Phi) is 4.92. The fourth-order valence-corrected chi connectivity index (χ4v) is 2.73. The van der Waals surface area contributed by atoms with Crippen LogP contribution in [-0.2, 0) is 4.79 Å². The molecule has 7 heteroatoms. The molecule has 25 heavy (non-hydrogen) atoms. The summed E-state index contributed by atoms with van der Waals surface area (Å²) < 4.78 is 0. The summed E-state index contributed by atoms with van der Waals surface area (Å²) in [5.41, 5.74) is 3.63. The van der Waals surface area contributed by atoms with Crippen molar-refractivity contribution in [2.24, 2.45) is 0 Å². The van der Waals surface area contributed by atoms with E-state index in [1.165, 1.54) is 5.56 Å². The molecular weight excluding hydrogens is 318 g/mol. The number of carbonyl (C=O) groups is 2. The van der Waals surface area contributed by atoms with E-state index in [-0.39, 0.29) is 5.91 Å². The Morgan fingerprint density at radius 2 is 1.84 bits per heavy atom. The third-order valence-electron chi connectivity index (χ3n) is 4.50. The Balaban J connectivity index is 1.67. The number of anilines is 2. The second-order valence-electron chi connectivity index (χ2n) is 6.11. The molecule has 1 fully saturated rings. The first kappa shape index (κ1) is 16.9. The first-order valence-corrected chi connectivity index (χ1v) is 8.24. The van der Waals surface area contributed by atoms with Crippen LogP contribution in [0.25, 0.3) is 0 Å². The van der Waals surface area contributed by atoms with Crippen molar-refractivity contribution in [3.63, 3.8) is 0 Å². The van der Waals surface area contributed by atoms with Crippen LogP contribution < -0.4 is 5.32 Å². The van der Waals surface area contributed by atoms with Crippen LogP contribution in [0, 0.1) is 13.8 Å². The van der Waals surface area contributed by atoms with Crippen LogP contribution in [0.15, 0.2) is 30.3 Å². The topological polar surface area (TPSA) is 78.4 Å². The van der Waals surface area contributed by atoms with Crippen LogP contribution in [0.3, 0.4) is 0 Å². The van der Waals surface area contributed by atoms with Crippen LogP contribution in [0.5, 0.6) is 0 Å². The summed E-state index contributed by atoms with van der Waals surface area (Å²) in [5.74, 6) is 0.437. The molecule has 2 aromatic rings. The first-order valence-electron chi connectivity index (χ1n) is 8.24. The molecule has 2 heterocycles. The van der Waals surface area contributed by atoms with Crippen molar-refractivity contribution in [3.8, 4) is 0 Å². The van der Waals surface area contributed by atoms with Crippen molar-refractivity contribution in [2.45, 2.75) is 13.8 Å². The summed E-state index contributed by atoms with van der Waals surface area (Å²) >= 11 is 0. The van der Waals surface area contributed by atoms with Crippen LogP contribution in [0.4, 0.5) is 11.5 Å². The lowest BCUT2D eigenvalue weighted by molar-refractivity contribution is -0.119. The highest BCUT2D eigenvalue weighted by Gasteiger charge is 2.22. The highest BCUT2D eigenvalue weighted by molar-refractivity contribution is 5.92. The number of amides is 2. The zero-order valence-corrected chi connectivity index (χ0v) is 14.4. The first-order chi connectivity index (χ1) is 12.1. The minimum Gasteiger partial charge on any atom is -0.342 e. The molecule has 1 aliphatic rings. The fraction of sp³-hybridized carbons (Fsp3) is 0.333. The zero-order chi connectivity index (χ0) is 17.8. The molecule has 1 saturated heterocycles. The molecule has 1 aromatic heterocycles. The Labute approximate surface area is 146 Å². The van der Waals surface area contributed by atoms with Gasteiger partial charge in [-0.2, -0.15) is 0 Å². The molecular formula is C18H21N5O2. The largest absolute Gasteiger partial charge is 0.342 e. The van der Waals surface area contributed by atoms with Gasteiger partial charge in [0.2, 0.25) is 6.41 Å². The van der Waals surface area contributed by atoms with Crippen LogP contribution in [0.1, 0.15) is 21.6 Å². The molecule has 0 saturated carbocycles. The van der Waals surface area contributed by atoms with Gasteiger partial charge in [-0.1, -0.05) is 12.1 Å². The molecule has 7 nitrogen and oxygen atoms in total. The van der Waals surface area contributed by atoms with Gasteiger partial charge >= 0.3 is 0 Å². The van der Waals surface area contributed by atoms with Crippen molar-refractivity contribution in [3.05, 3.63) is 47.2 Å². The molecule has 0 spiro atoms. The molecule has 1 N–H and O–H groups in total. The van der Waals surface area contributed by atoms with Gasteiger partial charge in [0.1, 0.15) is 0 Å². The highest BCUT2D eigenvalue weighted by atomic mass is 16.2. The van der Waals surface area contributed by atoms with Gasteiger partial charge in [0.05, 0.1) is 0 Å². The summed E-state index contributed by atoms with van der Waals surface area (Å²) in [7, 11) is 0. The molecule has 2 amide bonds. The minimum atomic E-state index is -0.156. The quantitative estimate of drug-likeness (QED) is 0.859. The van der Waals surface area contributed by atoms with Crippen molar-refractivity contribution < 1.29 is 9.59 Å². The molecule has 1 aliphatic heterocycles. The number of nitrogens with one attached hydrogen (secondary N) is 1. The molecule has 3 rings (SSSR count). The van der Waals surface area contributed by atoms with Crippen molar-refractivity contribution >= 4 is 23.8 Å². The minimum absolute atomic E-state index is 0.156. The molecule has 0 bridgehead atoms. The maximum absolute atomic E-state index is 12.5. The van der Waals surface area contributed by atoms with E-state index in [1.807, 2.05) is 19.1 Å². The summed E-state index contributed by atoms with van der Waals surface area (Å²) in [6, 6.07) is 9.45. The fourth-order valence-electron chi connectivity index (χ4n) is 2.73. The number of benzene rings is 1. The average Bonchev–Trinajstić information content (AvgIpc) is 2.65. The van der Waals surface area contributed by atoms with E-state index >= 15 is 0 Å². The lowest BCUT2D eigenvalue weighted by Crippen LogP contribution is -2.48. The molecule has 0 radical (unpaired) electrons. The molecule has 0 atom stereocenters. The van der Waals surface area contributed by atoms with E-state index in [1.54, 1.807) is 21.9 Å². The van der Waals surface area contributed by atoms with Gasteiger partial charge in [0.15, 0.2) is 11.5 Å². The predicted molar refractivity (Wildman–Crippen MR) is 94.8 cm³/mol. The van der Waals surface area contributed by atoms with Crippen molar-refractivity contribution in [2.75, 3.05) is 31.5 Å². The number of nitrogens with zero attached hydrogens (tertiary/aromatic N) is 4. The lowest BCUT2D eigenvalue weighted by atomic mass is 10.1. The molecule has 0 unspecified atom stereocenters. The number of hydrogen-bond acceptors (Lipinski definition) is 5. The SMILES string of the molecule is Cc1cccc(Nc2ccc(C(=O)N3CCN(C=O)CC3)nn2)c1C. The van der Waals surface area contributed by atoms with Crippen molar-refractivity contribution in [1.82, 2.24) is 20.0 Å². The zero-order valence-electron chi connectivity index (χ0n) is 14.4. The van der Waals surface area contributed by atoms with Gasteiger partial charge < -0.3 is 15.1 Å². The number of piperazine rings is 1. The highest BCUT2D eigenvalue weighted by Crippen LogP contribution is 2.21. The molecule has 0 aliphatic carbocycles. The second kappa shape index (κ2) is 7.29. The Bertz CT molecular complexity index is 768. The van der Waals surface area contributed by atoms with E-state index < -0.39 is 0 Å². The number of rotatable bonds is 4. The maximum Gasteiger partial charge on any atom is 0.274 e. The van der Waals surface area contributed by atoms with E-state index in [2.05, 4.69) is 28.5 Å². The molecule has 1 aromatic carbocycles. The smallest absolute Gasteiger partial charge is 0.274 e. The monoisotopic (exact) mass is 339 g/mol. The van der Waals surface area contributed by atoms with E-state index in [0.29, 0.717) is 37.7 Å². The summed E-state index contributed by atoms with van der Waals surface area (Å²) in [6.07, 6.45) is 0.815. The second-order valence-corrected chi connectivity index (χ2v) is 6.11. The number of hydrogen-bond donors (Lipinski definition) is 1. The Morgan fingerprint density at radius 1 is 1.08 bits per heavy atom. The normalized spacial score (nSPS) is 14.3. The van der Waals surface area contributed by atoms with E-state index in [9.17, 15) is 9.59 Å². The summed E-state index contributed by atoms with van der Waals surface area (Å²) in [5, 5.41) is 11.4. The van der Waals surface area contributed by atoms with Crippen LogP contribution in [-0.4, -0.2) is 58.5 Å². The summed E-state index contributed by atoms with van der Waals surface area (Å²) in [4.78, 5) is 26.5. The van der Waals surface area contributed by atoms with Crippen LogP contribution >= 0.6 is 0 Å². The van der Waals surface area contributed by atoms with E-state index in [0.717, 1.165) is 17.7 Å². The molecule has 130 valence electrons. The van der Waals surface area contributed by atoms with Gasteiger partial charge in [-0.25, -0.2) is 0 Å². The number of aryl methyl sites for hydroxylation is 1. The third kappa shape index (κ3) is 3.76. The number of aromatic nitrogens is 2.